The van der Waals surface area contributed by atoms with E-state index in [0.29, 0.717) is 0 Å². The summed E-state index contributed by atoms with van der Waals surface area (Å²) in [7, 11) is 0. The molecule has 0 spiro atoms. The molecule has 0 saturated carbocycles. The van der Waals surface area contributed by atoms with Crippen molar-refractivity contribution in [2.24, 2.45) is 5.73 Å². The zero-order valence-corrected chi connectivity index (χ0v) is 10.6. The first-order valence-corrected chi connectivity index (χ1v) is 5.77. The second-order valence-electron chi connectivity index (χ2n) is 4.60. The van der Waals surface area contributed by atoms with Gasteiger partial charge in [0, 0.05) is 0 Å². The first-order chi connectivity index (χ1) is 9.31. The second-order valence-corrected chi connectivity index (χ2v) is 4.60. The number of H-pyrrole nitrogens is 1. The van der Waals surface area contributed by atoms with E-state index >= 15 is 0 Å². The van der Waals surface area contributed by atoms with Gasteiger partial charge in [-0.15, -0.1) is 6.42 Å². The number of aromatic amines is 1. The highest BCUT2D eigenvalue weighted by atomic mass is 16.5. The van der Waals surface area contributed by atoms with Crippen molar-refractivity contribution in [1.82, 2.24) is 14.5 Å². The van der Waals surface area contributed by atoms with Crippen LogP contribution in [0.2, 0.25) is 0 Å². The topological polar surface area (TPSA) is 143 Å². The predicted molar refractivity (Wildman–Crippen MR) is 66.5 cm³/mol. The van der Waals surface area contributed by atoms with Crippen LogP contribution in [0.1, 0.15) is 13.2 Å². The molecule has 1 aliphatic heterocycles. The first-order valence-electron chi connectivity index (χ1n) is 5.77. The monoisotopic (exact) mass is 282 g/mol. The number of aromatic nitrogens is 3. The predicted octanol–water partition coefficient (Wildman–Crippen LogP) is -3.10. The van der Waals surface area contributed by atoms with Gasteiger partial charge in [0.1, 0.15) is 18.5 Å². The first kappa shape index (κ1) is 14.4. The van der Waals surface area contributed by atoms with Gasteiger partial charge in [-0.1, -0.05) is 5.92 Å². The van der Waals surface area contributed by atoms with E-state index in [-0.39, 0.29) is 0 Å². The molecule has 0 amide bonds. The third kappa shape index (κ3) is 2.04. The van der Waals surface area contributed by atoms with Gasteiger partial charge in [-0.3, -0.25) is 9.55 Å². The molecule has 2 heterocycles. The Bertz CT molecular complexity index is 660. The molecule has 0 aliphatic carbocycles. The Morgan fingerprint density at radius 3 is 2.85 bits per heavy atom. The SMILES string of the molecule is C#CC1(N)C(O)[C@@H]([C@@H](C)O)O[C@H]1n1cnc(=O)[nH]c1=O. The van der Waals surface area contributed by atoms with Crippen LogP contribution in [0.15, 0.2) is 15.9 Å². The van der Waals surface area contributed by atoms with Crippen LogP contribution in [-0.4, -0.2) is 48.6 Å². The molecule has 5 atom stereocenters. The smallest absolute Gasteiger partial charge is 0.350 e. The fourth-order valence-electron chi connectivity index (χ4n) is 2.11. The molecule has 2 rings (SSSR count). The van der Waals surface area contributed by atoms with E-state index in [2.05, 4.69) is 10.9 Å². The van der Waals surface area contributed by atoms with Gasteiger partial charge >= 0.3 is 11.4 Å². The molecule has 1 fully saturated rings. The lowest BCUT2D eigenvalue weighted by Crippen LogP contribution is -2.55. The zero-order valence-electron chi connectivity index (χ0n) is 10.6. The van der Waals surface area contributed by atoms with Gasteiger partial charge in [0.05, 0.1) is 6.10 Å². The number of nitrogens with zero attached hydrogens (tertiary/aromatic N) is 2. The minimum Gasteiger partial charge on any atom is -0.391 e. The molecule has 0 bridgehead atoms. The van der Waals surface area contributed by atoms with Crippen LogP contribution >= 0.6 is 0 Å². The summed E-state index contributed by atoms with van der Waals surface area (Å²) < 4.78 is 6.25. The molecular weight excluding hydrogens is 268 g/mol. The lowest BCUT2D eigenvalue weighted by Gasteiger charge is -2.27. The Kier molecular flexibility index (Phi) is 3.49. The molecule has 1 saturated heterocycles. The van der Waals surface area contributed by atoms with Crippen LogP contribution < -0.4 is 17.1 Å². The maximum Gasteiger partial charge on any atom is 0.350 e. The van der Waals surface area contributed by atoms with Crippen molar-refractivity contribution in [1.29, 1.82) is 0 Å². The number of ether oxygens (including phenoxy) is 1. The molecule has 0 radical (unpaired) electrons. The van der Waals surface area contributed by atoms with Crippen molar-refractivity contribution in [3.05, 3.63) is 27.3 Å². The third-order valence-corrected chi connectivity index (χ3v) is 3.22. The van der Waals surface area contributed by atoms with Crippen LogP contribution in [-0.2, 0) is 4.74 Å². The highest BCUT2D eigenvalue weighted by Crippen LogP contribution is 2.36. The molecule has 1 aromatic heterocycles. The van der Waals surface area contributed by atoms with Crippen LogP contribution in [0.5, 0.6) is 0 Å². The van der Waals surface area contributed by atoms with Crippen molar-refractivity contribution < 1.29 is 14.9 Å². The van der Waals surface area contributed by atoms with E-state index in [1.807, 2.05) is 4.98 Å². The molecular formula is C11H14N4O5. The maximum atomic E-state index is 11.7. The second kappa shape index (κ2) is 4.84. The summed E-state index contributed by atoms with van der Waals surface area (Å²) >= 11 is 0. The van der Waals surface area contributed by atoms with E-state index < -0.39 is 41.5 Å². The lowest BCUT2D eigenvalue weighted by atomic mass is 9.90. The molecule has 0 aromatic carbocycles. The van der Waals surface area contributed by atoms with Crippen LogP contribution in [0.25, 0.3) is 0 Å². The van der Waals surface area contributed by atoms with E-state index in [4.69, 9.17) is 16.9 Å². The number of rotatable bonds is 2. The summed E-state index contributed by atoms with van der Waals surface area (Å²) in [5.41, 5.74) is 2.50. The van der Waals surface area contributed by atoms with Crippen molar-refractivity contribution >= 4 is 0 Å². The molecule has 1 aliphatic rings. The average molecular weight is 282 g/mol. The van der Waals surface area contributed by atoms with Gasteiger partial charge in [0.25, 0.3) is 0 Å². The minimum absolute atomic E-state index is 0.833. The number of hydrogen-bond acceptors (Lipinski definition) is 7. The van der Waals surface area contributed by atoms with E-state index in [1.54, 1.807) is 0 Å². The molecule has 2 unspecified atom stereocenters. The normalized spacial score (nSPS) is 34.6. The van der Waals surface area contributed by atoms with Crippen molar-refractivity contribution in [3.8, 4) is 12.3 Å². The summed E-state index contributed by atoms with van der Waals surface area (Å²) in [4.78, 5) is 28.0. The summed E-state index contributed by atoms with van der Waals surface area (Å²) in [5, 5.41) is 19.7. The van der Waals surface area contributed by atoms with Crippen LogP contribution in [0.3, 0.4) is 0 Å². The third-order valence-electron chi connectivity index (χ3n) is 3.22. The summed E-state index contributed by atoms with van der Waals surface area (Å²) in [6, 6.07) is 0. The Hall–Kier alpha value is -1.99. The van der Waals surface area contributed by atoms with Crippen molar-refractivity contribution in [2.45, 2.75) is 37.0 Å². The number of hydrogen-bond donors (Lipinski definition) is 4. The molecule has 5 N–H and O–H groups in total. The van der Waals surface area contributed by atoms with Gasteiger partial charge in [-0.05, 0) is 6.92 Å². The van der Waals surface area contributed by atoms with E-state index in [1.165, 1.54) is 6.92 Å². The molecule has 9 nitrogen and oxygen atoms in total. The van der Waals surface area contributed by atoms with Gasteiger partial charge in [0.2, 0.25) is 0 Å². The Labute approximate surface area is 113 Å². The van der Waals surface area contributed by atoms with Gasteiger partial charge in [-0.25, -0.2) is 9.59 Å². The maximum absolute atomic E-state index is 11.7. The number of aliphatic hydroxyl groups is 2. The number of nitrogens with one attached hydrogen (secondary N) is 1. The number of nitrogens with two attached hydrogens (primary N) is 1. The molecule has 108 valence electrons. The average Bonchev–Trinajstić information content (AvgIpc) is 2.64. The van der Waals surface area contributed by atoms with E-state index in [0.717, 1.165) is 10.9 Å². The van der Waals surface area contributed by atoms with Gasteiger partial charge < -0.3 is 20.7 Å². The zero-order chi connectivity index (χ0) is 15.1. The Morgan fingerprint density at radius 2 is 2.35 bits per heavy atom. The molecule has 9 heteroatoms. The van der Waals surface area contributed by atoms with Gasteiger partial charge in [0.15, 0.2) is 11.8 Å². The lowest BCUT2D eigenvalue weighted by molar-refractivity contribution is -0.0782. The molecule has 1 aromatic rings. The number of terminal acetylenes is 1. The number of aliphatic hydroxyl groups excluding tert-OH is 2. The van der Waals surface area contributed by atoms with Crippen LogP contribution in [0, 0.1) is 12.3 Å². The summed E-state index contributed by atoms with van der Waals surface area (Å²) in [6.45, 7) is 1.39. The summed E-state index contributed by atoms with van der Waals surface area (Å²) in [5.74, 6) is 2.18. The van der Waals surface area contributed by atoms with E-state index in [9.17, 15) is 19.8 Å². The van der Waals surface area contributed by atoms with Crippen molar-refractivity contribution in [3.63, 3.8) is 0 Å². The van der Waals surface area contributed by atoms with Crippen LogP contribution in [0.4, 0.5) is 0 Å². The summed E-state index contributed by atoms with van der Waals surface area (Å²) in [6.07, 6.45) is 1.46. The Balaban J connectivity index is 2.53. The fraction of sp³-hybridized carbons (Fsp3) is 0.545. The largest absolute Gasteiger partial charge is 0.391 e. The highest BCUT2D eigenvalue weighted by Gasteiger charge is 2.55. The molecule has 20 heavy (non-hydrogen) atoms. The van der Waals surface area contributed by atoms with Crippen molar-refractivity contribution in [2.75, 3.05) is 0 Å². The Morgan fingerprint density at radius 1 is 1.70 bits per heavy atom. The highest BCUT2D eigenvalue weighted by molar-refractivity contribution is 5.22. The quantitative estimate of drug-likeness (QED) is 0.421. The standard InChI is InChI=1S/C11H14N4O5/c1-3-11(12)7(17)6(5(2)16)20-8(11)15-4-13-9(18)14-10(15)19/h1,4-8,16-17H,12H2,2H3,(H,14,18,19)/t5-,6-,7?,8-,11?/m1/s1. The fourth-order valence-corrected chi connectivity index (χ4v) is 2.11. The minimum atomic E-state index is -1.74. The van der Waals surface area contributed by atoms with Gasteiger partial charge in [-0.2, -0.15) is 4.98 Å².